The molecular weight excluding hydrogens is 301 g/mol. The Bertz CT molecular complexity index is 810. The summed E-state index contributed by atoms with van der Waals surface area (Å²) in [5.41, 5.74) is 0.833. The van der Waals surface area contributed by atoms with Gasteiger partial charge in [-0.25, -0.2) is 4.99 Å². The van der Waals surface area contributed by atoms with Gasteiger partial charge in [-0.15, -0.1) is 0 Å². The van der Waals surface area contributed by atoms with Crippen LogP contribution < -0.4 is 5.32 Å². The number of fused-ring (bicyclic) bond motifs is 3. The summed E-state index contributed by atoms with van der Waals surface area (Å²) in [5, 5.41) is 3.21. The maximum Gasteiger partial charge on any atom is 0.430 e. The van der Waals surface area contributed by atoms with Gasteiger partial charge in [0, 0.05) is 11.7 Å². The van der Waals surface area contributed by atoms with Crippen LogP contribution in [-0.2, 0) is 11.8 Å². The Morgan fingerprint density at radius 3 is 2.57 bits per heavy atom. The first kappa shape index (κ1) is 14.3. The standard InChI is InChI=1S/C18H15F3N2/c1-11-17(13-7-3-5-9-15(13)22-11)10-12-6-2-4-8-14(12)23-16(17)18(19,20)21/h2-9,11,22H,10H2,1H3. The lowest BCUT2D eigenvalue weighted by Crippen LogP contribution is -2.53. The molecule has 4 rings (SSSR count). The summed E-state index contributed by atoms with van der Waals surface area (Å²) < 4.78 is 41.5. The molecule has 0 saturated heterocycles. The van der Waals surface area contributed by atoms with Crippen LogP contribution in [0.1, 0.15) is 18.1 Å². The number of hydrogen-bond donors (Lipinski definition) is 1. The lowest BCUT2D eigenvalue weighted by atomic mass is 9.67. The first-order chi connectivity index (χ1) is 10.9. The topological polar surface area (TPSA) is 24.4 Å². The molecule has 0 amide bonds. The number of aliphatic imine (C=N–C) groups is 1. The van der Waals surface area contributed by atoms with E-state index < -0.39 is 17.3 Å². The van der Waals surface area contributed by atoms with Gasteiger partial charge in [-0.05, 0) is 36.6 Å². The van der Waals surface area contributed by atoms with Crippen LogP contribution in [0.25, 0.3) is 0 Å². The molecule has 2 aromatic rings. The van der Waals surface area contributed by atoms with Gasteiger partial charge in [0.05, 0.1) is 11.1 Å². The molecule has 5 heteroatoms. The molecule has 1 N–H and O–H groups in total. The molecule has 2 atom stereocenters. The molecule has 0 bridgehead atoms. The summed E-state index contributed by atoms with van der Waals surface area (Å²) >= 11 is 0. The molecule has 0 aliphatic carbocycles. The number of nitrogens with one attached hydrogen (secondary N) is 1. The summed E-state index contributed by atoms with van der Waals surface area (Å²) in [6, 6.07) is 13.9. The van der Waals surface area contributed by atoms with Gasteiger partial charge >= 0.3 is 6.18 Å². The summed E-state index contributed by atoms with van der Waals surface area (Å²) in [6.07, 6.45) is -4.17. The molecule has 2 heterocycles. The molecule has 2 aliphatic rings. The van der Waals surface area contributed by atoms with Gasteiger partial charge < -0.3 is 5.32 Å². The first-order valence-electron chi connectivity index (χ1n) is 7.53. The number of anilines is 1. The van der Waals surface area contributed by atoms with Gasteiger partial charge in [-0.3, -0.25) is 0 Å². The second-order valence-electron chi connectivity index (χ2n) is 6.15. The van der Waals surface area contributed by atoms with Crippen molar-refractivity contribution in [3.05, 3.63) is 59.7 Å². The molecule has 118 valence electrons. The number of para-hydroxylation sites is 2. The average Bonchev–Trinajstić information content (AvgIpc) is 2.79. The van der Waals surface area contributed by atoms with E-state index in [0.717, 1.165) is 11.3 Å². The third-order valence-electron chi connectivity index (χ3n) is 4.90. The molecule has 2 aliphatic heterocycles. The molecule has 1 spiro atoms. The smallest absolute Gasteiger partial charge is 0.381 e. The molecule has 0 fully saturated rings. The predicted molar refractivity (Wildman–Crippen MR) is 84.5 cm³/mol. The highest BCUT2D eigenvalue weighted by molar-refractivity contribution is 6.05. The largest absolute Gasteiger partial charge is 0.430 e. The Kier molecular flexibility index (Phi) is 2.86. The highest BCUT2D eigenvalue weighted by atomic mass is 19.4. The van der Waals surface area contributed by atoms with Crippen molar-refractivity contribution in [2.75, 3.05) is 5.32 Å². The minimum atomic E-state index is -4.47. The monoisotopic (exact) mass is 316 g/mol. The number of halogens is 3. The molecule has 0 saturated carbocycles. The van der Waals surface area contributed by atoms with Crippen LogP contribution in [0.2, 0.25) is 0 Å². The predicted octanol–water partition coefficient (Wildman–Crippen LogP) is 4.63. The zero-order chi connectivity index (χ0) is 16.2. The van der Waals surface area contributed by atoms with Gasteiger partial charge in [0.2, 0.25) is 0 Å². The van der Waals surface area contributed by atoms with Crippen molar-refractivity contribution in [3.63, 3.8) is 0 Å². The molecule has 0 radical (unpaired) electrons. The van der Waals surface area contributed by atoms with Crippen LogP contribution in [0, 0.1) is 0 Å². The fraction of sp³-hybridized carbons (Fsp3) is 0.278. The second kappa shape index (κ2) is 4.60. The lowest BCUT2D eigenvalue weighted by Gasteiger charge is -2.39. The summed E-state index contributed by atoms with van der Waals surface area (Å²) in [6.45, 7) is 1.80. The highest BCUT2D eigenvalue weighted by Gasteiger charge is 2.58. The minimum Gasteiger partial charge on any atom is -0.381 e. The Morgan fingerprint density at radius 2 is 1.78 bits per heavy atom. The maximum atomic E-state index is 13.8. The van der Waals surface area contributed by atoms with Crippen molar-refractivity contribution >= 4 is 17.1 Å². The quantitative estimate of drug-likeness (QED) is 0.753. The number of alkyl halides is 3. The maximum absolute atomic E-state index is 13.8. The van der Waals surface area contributed by atoms with E-state index in [1.54, 1.807) is 31.2 Å². The van der Waals surface area contributed by atoms with E-state index >= 15 is 0 Å². The van der Waals surface area contributed by atoms with Crippen molar-refractivity contribution in [1.29, 1.82) is 0 Å². The molecule has 23 heavy (non-hydrogen) atoms. The van der Waals surface area contributed by atoms with E-state index in [1.807, 2.05) is 24.3 Å². The van der Waals surface area contributed by atoms with Gasteiger partial charge in [-0.1, -0.05) is 36.4 Å². The van der Waals surface area contributed by atoms with Crippen molar-refractivity contribution in [2.24, 2.45) is 4.99 Å². The molecule has 0 aromatic heterocycles. The number of benzene rings is 2. The SMILES string of the molecule is CC1Nc2ccccc2C12Cc1ccccc1N=C2C(F)(F)F. The summed E-state index contributed by atoms with van der Waals surface area (Å²) in [7, 11) is 0. The second-order valence-corrected chi connectivity index (χ2v) is 6.15. The van der Waals surface area contributed by atoms with E-state index in [2.05, 4.69) is 10.3 Å². The van der Waals surface area contributed by atoms with Gasteiger partial charge in [0.15, 0.2) is 0 Å². The molecular formula is C18H15F3N2. The Labute approximate surface area is 132 Å². The minimum absolute atomic E-state index is 0.298. The normalized spacial score (nSPS) is 25.6. The van der Waals surface area contributed by atoms with Crippen molar-refractivity contribution in [3.8, 4) is 0 Å². The van der Waals surface area contributed by atoms with Gasteiger partial charge in [-0.2, -0.15) is 13.2 Å². The Balaban J connectivity index is 2.02. The van der Waals surface area contributed by atoms with Gasteiger partial charge in [0.1, 0.15) is 5.71 Å². The Morgan fingerprint density at radius 1 is 1.09 bits per heavy atom. The lowest BCUT2D eigenvalue weighted by molar-refractivity contribution is -0.0645. The zero-order valence-corrected chi connectivity index (χ0v) is 12.5. The van der Waals surface area contributed by atoms with Crippen LogP contribution in [-0.4, -0.2) is 17.9 Å². The summed E-state index contributed by atoms with van der Waals surface area (Å²) in [5.74, 6) is 0. The molecule has 2 unspecified atom stereocenters. The Hall–Kier alpha value is -2.30. The highest BCUT2D eigenvalue weighted by Crippen LogP contribution is 2.51. The van der Waals surface area contributed by atoms with Crippen LogP contribution in [0.3, 0.4) is 0 Å². The zero-order valence-electron chi connectivity index (χ0n) is 12.5. The average molecular weight is 316 g/mol. The fourth-order valence-corrected chi connectivity index (χ4v) is 3.86. The van der Waals surface area contributed by atoms with E-state index in [4.69, 9.17) is 0 Å². The molecule has 2 aromatic carbocycles. The van der Waals surface area contributed by atoms with Gasteiger partial charge in [0.25, 0.3) is 0 Å². The van der Waals surface area contributed by atoms with E-state index in [9.17, 15) is 13.2 Å². The first-order valence-corrected chi connectivity index (χ1v) is 7.53. The van der Waals surface area contributed by atoms with E-state index in [1.165, 1.54) is 0 Å². The number of nitrogens with zero attached hydrogens (tertiary/aromatic N) is 1. The van der Waals surface area contributed by atoms with Crippen molar-refractivity contribution < 1.29 is 13.2 Å². The van der Waals surface area contributed by atoms with Crippen molar-refractivity contribution in [1.82, 2.24) is 0 Å². The fourth-order valence-electron chi connectivity index (χ4n) is 3.86. The third kappa shape index (κ3) is 1.92. The van der Waals surface area contributed by atoms with Crippen molar-refractivity contribution in [2.45, 2.75) is 31.0 Å². The number of hydrogen-bond acceptors (Lipinski definition) is 2. The van der Waals surface area contributed by atoms with E-state index in [-0.39, 0.29) is 6.04 Å². The van der Waals surface area contributed by atoms with Crippen LogP contribution in [0.5, 0.6) is 0 Å². The van der Waals surface area contributed by atoms with E-state index in [0.29, 0.717) is 17.7 Å². The third-order valence-corrected chi connectivity index (χ3v) is 4.90. The van der Waals surface area contributed by atoms with Crippen LogP contribution in [0.4, 0.5) is 24.5 Å². The molecule has 2 nitrogen and oxygen atoms in total. The van der Waals surface area contributed by atoms with Crippen LogP contribution >= 0.6 is 0 Å². The number of rotatable bonds is 0. The summed E-state index contributed by atoms with van der Waals surface area (Å²) in [4.78, 5) is 4.05. The van der Waals surface area contributed by atoms with Crippen LogP contribution in [0.15, 0.2) is 53.5 Å².